The average Bonchev–Trinajstić information content (AvgIpc) is 2.69. The third-order valence-electron chi connectivity index (χ3n) is 2.79. The number of hydrogen-bond donors (Lipinski definition) is 1. The third kappa shape index (κ3) is 3.81. The van der Waals surface area contributed by atoms with Crippen LogP contribution in [0.3, 0.4) is 0 Å². The number of piperazine rings is 1. The molecule has 0 saturated carbocycles. The number of alkyl halides is 3. The Balaban J connectivity index is 0.00000162. The lowest BCUT2D eigenvalue weighted by molar-refractivity contribution is -0.137. The molecule has 1 aromatic rings. The fraction of sp³-hybridized carbons (Fsp3) is 0.700. The van der Waals surface area contributed by atoms with Gasteiger partial charge in [-0.15, -0.1) is 23.7 Å². The van der Waals surface area contributed by atoms with E-state index >= 15 is 0 Å². The monoisotopic (exact) mass is 301 g/mol. The number of hydrogen-bond acceptors (Lipinski definition) is 4. The van der Waals surface area contributed by atoms with E-state index in [1.807, 2.05) is 0 Å². The first kappa shape index (κ1) is 15.7. The van der Waals surface area contributed by atoms with Crippen molar-refractivity contribution in [1.29, 1.82) is 0 Å². The van der Waals surface area contributed by atoms with Crippen molar-refractivity contribution in [3.05, 3.63) is 16.1 Å². The number of rotatable bonds is 2. The van der Waals surface area contributed by atoms with Gasteiger partial charge < -0.3 is 5.32 Å². The molecule has 1 atom stereocenters. The van der Waals surface area contributed by atoms with Gasteiger partial charge in [0.2, 0.25) is 0 Å². The van der Waals surface area contributed by atoms with E-state index in [0.717, 1.165) is 31.0 Å². The Kier molecular flexibility index (Phi) is 5.39. The molecule has 0 unspecified atom stereocenters. The van der Waals surface area contributed by atoms with Gasteiger partial charge in [0, 0.05) is 43.3 Å². The first-order valence-electron chi connectivity index (χ1n) is 5.43. The van der Waals surface area contributed by atoms with Crippen LogP contribution < -0.4 is 5.32 Å². The van der Waals surface area contributed by atoms with Crippen molar-refractivity contribution >= 4 is 23.7 Å². The van der Waals surface area contributed by atoms with Gasteiger partial charge >= 0.3 is 6.18 Å². The highest BCUT2D eigenvalue weighted by Crippen LogP contribution is 2.32. The van der Waals surface area contributed by atoms with Crippen LogP contribution in [0.15, 0.2) is 6.20 Å². The third-order valence-corrected chi connectivity index (χ3v) is 3.82. The summed E-state index contributed by atoms with van der Waals surface area (Å²) in [5.74, 6) is 0. The summed E-state index contributed by atoms with van der Waals surface area (Å²) >= 11 is 0.737. The summed E-state index contributed by atoms with van der Waals surface area (Å²) in [5, 5.41) is 2.49. The van der Waals surface area contributed by atoms with Crippen molar-refractivity contribution in [3.63, 3.8) is 0 Å². The lowest BCUT2D eigenvalue weighted by Crippen LogP contribution is -2.49. The van der Waals surface area contributed by atoms with E-state index in [4.69, 9.17) is 0 Å². The molecule has 1 aliphatic rings. The normalized spacial score (nSPS) is 21.7. The predicted octanol–water partition coefficient (Wildman–Crippen LogP) is 2.38. The maximum absolute atomic E-state index is 12.4. The van der Waals surface area contributed by atoms with Gasteiger partial charge in [-0.2, -0.15) is 13.2 Å². The smallest absolute Gasteiger partial charge is 0.314 e. The van der Waals surface area contributed by atoms with Crippen molar-refractivity contribution in [2.75, 3.05) is 19.6 Å². The number of nitrogens with one attached hydrogen (secondary N) is 1. The summed E-state index contributed by atoms with van der Waals surface area (Å²) in [4.78, 5) is 6.27. The molecule has 1 fully saturated rings. The van der Waals surface area contributed by atoms with E-state index < -0.39 is 11.2 Å². The second-order valence-corrected chi connectivity index (χ2v) is 5.27. The van der Waals surface area contributed by atoms with Gasteiger partial charge in [-0.3, -0.25) is 4.90 Å². The van der Waals surface area contributed by atoms with Gasteiger partial charge in [-0.1, -0.05) is 0 Å². The van der Waals surface area contributed by atoms with E-state index in [1.165, 1.54) is 6.20 Å². The van der Waals surface area contributed by atoms with Crippen molar-refractivity contribution in [1.82, 2.24) is 15.2 Å². The lowest BCUT2D eigenvalue weighted by Gasteiger charge is -2.33. The highest BCUT2D eigenvalue weighted by Gasteiger charge is 2.34. The van der Waals surface area contributed by atoms with Gasteiger partial charge in [-0.05, 0) is 6.92 Å². The van der Waals surface area contributed by atoms with Crippen LogP contribution in [-0.2, 0) is 12.7 Å². The molecular formula is C10H15ClF3N3S. The zero-order valence-electron chi connectivity index (χ0n) is 9.83. The van der Waals surface area contributed by atoms with E-state index in [9.17, 15) is 13.2 Å². The van der Waals surface area contributed by atoms with E-state index in [2.05, 4.69) is 22.1 Å². The quantitative estimate of drug-likeness (QED) is 0.909. The fourth-order valence-electron chi connectivity index (χ4n) is 1.83. The molecule has 0 amide bonds. The molecular weight excluding hydrogens is 287 g/mol. The molecule has 1 aliphatic heterocycles. The largest absolute Gasteiger partial charge is 0.443 e. The molecule has 0 aliphatic carbocycles. The highest BCUT2D eigenvalue weighted by molar-refractivity contribution is 7.11. The van der Waals surface area contributed by atoms with Gasteiger partial charge in [0.05, 0.1) is 0 Å². The molecule has 2 rings (SSSR count). The number of nitrogens with zero attached hydrogens (tertiary/aromatic N) is 2. The van der Waals surface area contributed by atoms with Crippen LogP contribution in [0.1, 0.15) is 16.8 Å². The fourth-order valence-corrected chi connectivity index (χ4v) is 2.64. The van der Waals surface area contributed by atoms with Gasteiger partial charge in [0.15, 0.2) is 5.01 Å². The predicted molar refractivity (Wildman–Crippen MR) is 67.1 cm³/mol. The zero-order chi connectivity index (χ0) is 12.5. The Hall–Kier alpha value is -0.370. The Bertz CT molecular complexity index is 383. The molecule has 3 nitrogen and oxygen atoms in total. The number of halogens is 4. The van der Waals surface area contributed by atoms with Crippen LogP contribution in [0.25, 0.3) is 0 Å². The van der Waals surface area contributed by atoms with Crippen molar-refractivity contribution in [3.8, 4) is 0 Å². The topological polar surface area (TPSA) is 28.2 Å². The van der Waals surface area contributed by atoms with Crippen LogP contribution in [-0.4, -0.2) is 35.6 Å². The molecule has 1 aromatic heterocycles. The van der Waals surface area contributed by atoms with E-state index in [0.29, 0.717) is 17.5 Å². The van der Waals surface area contributed by atoms with Crippen molar-refractivity contribution < 1.29 is 13.2 Å². The molecule has 0 aromatic carbocycles. The van der Waals surface area contributed by atoms with Crippen molar-refractivity contribution in [2.45, 2.75) is 25.7 Å². The van der Waals surface area contributed by atoms with E-state index in [-0.39, 0.29) is 12.4 Å². The van der Waals surface area contributed by atoms with Crippen LogP contribution in [0.4, 0.5) is 13.2 Å². The van der Waals surface area contributed by atoms with Crippen LogP contribution >= 0.6 is 23.7 Å². The Morgan fingerprint density at radius 3 is 2.83 bits per heavy atom. The second-order valence-electron chi connectivity index (χ2n) is 4.15. The Morgan fingerprint density at radius 2 is 2.28 bits per heavy atom. The summed E-state index contributed by atoms with van der Waals surface area (Å²) in [6.07, 6.45) is -2.99. The van der Waals surface area contributed by atoms with Crippen molar-refractivity contribution in [2.24, 2.45) is 0 Å². The SMILES string of the molecule is C[C@@H]1CNCCN1Cc1cnc(C(F)(F)F)s1.Cl. The zero-order valence-corrected chi connectivity index (χ0v) is 11.5. The Labute approximate surface area is 114 Å². The number of aromatic nitrogens is 1. The molecule has 1 saturated heterocycles. The minimum absolute atomic E-state index is 0. The van der Waals surface area contributed by atoms with E-state index in [1.54, 1.807) is 0 Å². The van der Waals surface area contributed by atoms with Crippen LogP contribution in [0.2, 0.25) is 0 Å². The maximum Gasteiger partial charge on any atom is 0.443 e. The van der Waals surface area contributed by atoms with Crippen LogP contribution in [0.5, 0.6) is 0 Å². The first-order chi connectivity index (χ1) is 7.97. The van der Waals surface area contributed by atoms with Gasteiger partial charge in [0.25, 0.3) is 0 Å². The molecule has 0 radical (unpaired) electrons. The van der Waals surface area contributed by atoms with Gasteiger partial charge in [0.1, 0.15) is 0 Å². The molecule has 0 spiro atoms. The molecule has 2 heterocycles. The maximum atomic E-state index is 12.4. The Morgan fingerprint density at radius 1 is 1.56 bits per heavy atom. The highest BCUT2D eigenvalue weighted by atomic mass is 35.5. The average molecular weight is 302 g/mol. The lowest BCUT2D eigenvalue weighted by atomic mass is 10.2. The summed E-state index contributed by atoms with van der Waals surface area (Å²) < 4.78 is 37.1. The molecule has 104 valence electrons. The summed E-state index contributed by atoms with van der Waals surface area (Å²) in [6, 6.07) is 0.347. The molecule has 18 heavy (non-hydrogen) atoms. The first-order valence-corrected chi connectivity index (χ1v) is 6.25. The van der Waals surface area contributed by atoms with Crippen LogP contribution in [0, 0.1) is 0 Å². The second kappa shape index (κ2) is 6.18. The standard InChI is InChI=1S/C10H14F3N3S.ClH/c1-7-4-14-2-3-16(7)6-8-5-15-9(17-8)10(11,12)13;/h5,7,14H,2-4,6H2,1H3;1H/t7-;/m1./s1. The summed E-state index contributed by atoms with van der Waals surface area (Å²) in [6.45, 7) is 5.25. The minimum atomic E-state index is -4.32. The molecule has 8 heteroatoms. The molecule has 1 N–H and O–H groups in total. The summed E-state index contributed by atoms with van der Waals surface area (Å²) in [7, 11) is 0. The number of thiazole rings is 1. The minimum Gasteiger partial charge on any atom is -0.314 e. The summed E-state index contributed by atoms with van der Waals surface area (Å²) in [5.41, 5.74) is 0. The van der Waals surface area contributed by atoms with Gasteiger partial charge in [-0.25, -0.2) is 4.98 Å². The molecule has 0 bridgehead atoms.